The molecule has 186 valence electrons. The molecule has 2 aliphatic rings. The van der Waals surface area contributed by atoms with Crippen LogP contribution in [0.5, 0.6) is 5.75 Å². The first-order chi connectivity index (χ1) is 16.2. The largest absolute Gasteiger partial charge is 0.497 e. The molecule has 6 nitrogen and oxygen atoms in total. The third-order valence-corrected chi connectivity index (χ3v) is 6.48. The summed E-state index contributed by atoms with van der Waals surface area (Å²) in [6.45, 7) is 9.22. The van der Waals surface area contributed by atoms with Gasteiger partial charge in [0.2, 0.25) is 5.91 Å². The number of furan rings is 1. The van der Waals surface area contributed by atoms with Gasteiger partial charge in [0.05, 0.1) is 20.2 Å². The van der Waals surface area contributed by atoms with Crippen molar-refractivity contribution >= 4 is 5.91 Å². The van der Waals surface area contributed by atoms with E-state index in [9.17, 15) is 18.0 Å². The van der Waals surface area contributed by atoms with Crippen LogP contribution in [0.4, 0.5) is 13.2 Å². The highest BCUT2D eigenvalue weighted by atomic mass is 19.4. The summed E-state index contributed by atoms with van der Waals surface area (Å²) in [4.78, 5) is 19.0. The predicted molar refractivity (Wildman–Crippen MR) is 123 cm³/mol. The molecule has 1 aromatic carbocycles. The molecule has 34 heavy (non-hydrogen) atoms. The van der Waals surface area contributed by atoms with Crippen molar-refractivity contribution in [3.63, 3.8) is 0 Å². The average Bonchev–Trinajstić information content (AvgIpc) is 3.18. The first-order valence-electron chi connectivity index (χ1n) is 11.7. The molecule has 0 atom stereocenters. The van der Waals surface area contributed by atoms with Gasteiger partial charge in [-0.05, 0) is 36.6 Å². The minimum atomic E-state index is -4.53. The molecular formula is C25H32F3N3O3. The second-order valence-electron chi connectivity index (χ2n) is 9.47. The van der Waals surface area contributed by atoms with Gasteiger partial charge in [-0.2, -0.15) is 13.2 Å². The lowest BCUT2D eigenvalue weighted by molar-refractivity contribution is -0.138. The van der Waals surface area contributed by atoms with Crippen LogP contribution in [0.15, 0.2) is 28.7 Å². The number of benzene rings is 1. The van der Waals surface area contributed by atoms with Crippen LogP contribution in [-0.2, 0) is 23.9 Å². The van der Waals surface area contributed by atoms with Crippen molar-refractivity contribution in [3.05, 3.63) is 41.2 Å². The van der Waals surface area contributed by atoms with Gasteiger partial charge in [0.25, 0.3) is 0 Å². The molecule has 9 heteroatoms. The third kappa shape index (κ3) is 5.41. The summed E-state index contributed by atoms with van der Waals surface area (Å²) >= 11 is 0. The Balaban J connectivity index is 1.46. The first-order valence-corrected chi connectivity index (χ1v) is 11.7. The normalized spacial score (nSPS) is 17.8. The molecule has 1 aromatic heterocycles. The lowest BCUT2D eigenvalue weighted by Crippen LogP contribution is -2.52. The number of hydrogen-bond donors (Lipinski definition) is 0. The molecule has 0 N–H and O–H groups in total. The van der Waals surface area contributed by atoms with E-state index in [0.717, 1.165) is 19.6 Å². The topological polar surface area (TPSA) is 49.2 Å². The number of piperazine rings is 1. The fourth-order valence-corrected chi connectivity index (χ4v) is 4.82. The molecule has 0 saturated carbocycles. The Morgan fingerprint density at radius 3 is 2.32 bits per heavy atom. The molecule has 1 fully saturated rings. The summed E-state index contributed by atoms with van der Waals surface area (Å²) < 4.78 is 52.9. The number of fused-ring (bicyclic) bond motifs is 1. The standard InChI is InChI=1S/C25H32F3N3O3/c1-17(2)14-29-10-12-31(13-11-29)22(32)16-30-9-8-20-21(15-30)34-24(23(20)25(26,27)28)18-4-6-19(33-3)7-5-18/h4-7,17H,8-16H2,1-3H3. The highest BCUT2D eigenvalue weighted by Gasteiger charge is 2.42. The van der Waals surface area contributed by atoms with E-state index >= 15 is 0 Å². The maximum absolute atomic E-state index is 14.0. The zero-order valence-corrected chi connectivity index (χ0v) is 20.0. The first kappa shape index (κ1) is 24.6. The highest BCUT2D eigenvalue weighted by molar-refractivity contribution is 5.78. The van der Waals surface area contributed by atoms with E-state index in [0.29, 0.717) is 42.6 Å². The van der Waals surface area contributed by atoms with Crippen LogP contribution >= 0.6 is 0 Å². The number of halogens is 3. The van der Waals surface area contributed by atoms with Gasteiger partial charge in [0.1, 0.15) is 22.8 Å². The Morgan fingerprint density at radius 2 is 1.74 bits per heavy atom. The average molecular weight is 480 g/mol. The molecule has 0 radical (unpaired) electrons. The smallest absolute Gasteiger partial charge is 0.420 e. The molecular weight excluding hydrogens is 447 g/mol. The number of methoxy groups -OCH3 is 1. The monoisotopic (exact) mass is 479 g/mol. The number of carbonyl (C=O) groups excluding carboxylic acids is 1. The molecule has 4 rings (SSSR count). The zero-order valence-electron chi connectivity index (χ0n) is 20.0. The summed E-state index contributed by atoms with van der Waals surface area (Å²) in [6, 6.07) is 6.36. The third-order valence-electron chi connectivity index (χ3n) is 6.48. The summed E-state index contributed by atoms with van der Waals surface area (Å²) in [7, 11) is 1.50. The number of rotatable bonds is 6. The fourth-order valence-electron chi connectivity index (χ4n) is 4.82. The Bertz CT molecular complexity index is 993. The van der Waals surface area contributed by atoms with Crippen molar-refractivity contribution in [1.29, 1.82) is 0 Å². The van der Waals surface area contributed by atoms with Gasteiger partial charge < -0.3 is 14.1 Å². The number of nitrogens with zero attached hydrogens (tertiary/aromatic N) is 3. The Kier molecular flexibility index (Phi) is 7.23. The number of hydrogen-bond acceptors (Lipinski definition) is 5. The van der Waals surface area contributed by atoms with Gasteiger partial charge in [-0.1, -0.05) is 13.8 Å². The molecule has 1 saturated heterocycles. The second kappa shape index (κ2) is 10.00. The maximum Gasteiger partial charge on any atom is 0.420 e. The van der Waals surface area contributed by atoms with Crippen LogP contribution < -0.4 is 4.74 Å². The van der Waals surface area contributed by atoms with Crippen LogP contribution in [0.3, 0.4) is 0 Å². The van der Waals surface area contributed by atoms with Crippen molar-refractivity contribution in [2.24, 2.45) is 5.92 Å². The van der Waals surface area contributed by atoms with E-state index < -0.39 is 11.7 Å². The van der Waals surface area contributed by atoms with Gasteiger partial charge in [-0.25, -0.2) is 0 Å². The second-order valence-corrected chi connectivity index (χ2v) is 9.47. The maximum atomic E-state index is 14.0. The number of amides is 1. The molecule has 0 bridgehead atoms. The summed E-state index contributed by atoms with van der Waals surface area (Å²) in [5.41, 5.74) is -0.159. The van der Waals surface area contributed by atoms with E-state index in [4.69, 9.17) is 9.15 Å². The Labute approximate surface area is 198 Å². The zero-order chi connectivity index (χ0) is 24.5. The van der Waals surface area contributed by atoms with E-state index in [1.54, 1.807) is 24.3 Å². The summed E-state index contributed by atoms with van der Waals surface area (Å²) in [5, 5.41) is 0. The highest BCUT2D eigenvalue weighted by Crippen LogP contribution is 2.44. The van der Waals surface area contributed by atoms with E-state index in [2.05, 4.69) is 18.7 Å². The quantitative estimate of drug-likeness (QED) is 0.624. The number of alkyl halides is 3. The van der Waals surface area contributed by atoms with Crippen molar-refractivity contribution in [3.8, 4) is 17.1 Å². The van der Waals surface area contributed by atoms with E-state index in [1.165, 1.54) is 7.11 Å². The van der Waals surface area contributed by atoms with E-state index in [1.807, 2.05) is 9.80 Å². The van der Waals surface area contributed by atoms with Gasteiger partial charge in [-0.3, -0.25) is 14.6 Å². The molecule has 0 spiro atoms. The van der Waals surface area contributed by atoms with Crippen molar-refractivity contribution in [2.75, 3.05) is 52.9 Å². The van der Waals surface area contributed by atoms with Gasteiger partial charge >= 0.3 is 6.18 Å². The van der Waals surface area contributed by atoms with Crippen LogP contribution in [0.25, 0.3) is 11.3 Å². The molecule has 1 amide bonds. The molecule has 3 heterocycles. The Morgan fingerprint density at radius 1 is 1.06 bits per heavy atom. The Hall–Kier alpha value is -2.52. The lowest BCUT2D eigenvalue weighted by atomic mass is 9.98. The van der Waals surface area contributed by atoms with Crippen molar-refractivity contribution < 1.29 is 27.1 Å². The molecule has 2 aromatic rings. The number of ether oxygens (including phenoxy) is 1. The van der Waals surface area contributed by atoms with Crippen LogP contribution in [0.2, 0.25) is 0 Å². The minimum absolute atomic E-state index is 0.0191. The fraction of sp³-hybridized carbons (Fsp3) is 0.560. The summed E-state index contributed by atoms with van der Waals surface area (Å²) in [5.74, 6) is 1.28. The van der Waals surface area contributed by atoms with Gasteiger partial charge in [0.15, 0.2) is 0 Å². The van der Waals surface area contributed by atoms with E-state index in [-0.39, 0.29) is 36.7 Å². The number of carbonyl (C=O) groups is 1. The predicted octanol–water partition coefficient (Wildman–Crippen LogP) is 4.13. The van der Waals surface area contributed by atoms with Crippen LogP contribution in [0.1, 0.15) is 30.7 Å². The SMILES string of the molecule is COc1ccc(-c2oc3c(c2C(F)(F)F)CCN(CC(=O)N2CCN(CC(C)C)CC2)C3)cc1. The van der Waals surface area contributed by atoms with Gasteiger partial charge in [-0.15, -0.1) is 0 Å². The molecule has 2 aliphatic heterocycles. The lowest BCUT2D eigenvalue weighted by Gasteiger charge is -2.36. The molecule has 0 unspecified atom stereocenters. The molecule has 0 aliphatic carbocycles. The summed E-state index contributed by atoms with van der Waals surface area (Å²) in [6.07, 6.45) is -4.33. The van der Waals surface area contributed by atoms with Gasteiger partial charge in [0, 0.05) is 50.4 Å². The van der Waals surface area contributed by atoms with Crippen LogP contribution in [-0.4, -0.2) is 73.5 Å². The van der Waals surface area contributed by atoms with Crippen LogP contribution in [0, 0.1) is 5.92 Å². The minimum Gasteiger partial charge on any atom is -0.497 e. The van der Waals surface area contributed by atoms with Crippen molar-refractivity contribution in [2.45, 2.75) is 33.0 Å². The van der Waals surface area contributed by atoms with Crippen molar-refractivity contribution in [1.82, 2.24) is 14.7 Å².